The highest BCUT2D eigenvalue weighted by Gasteiger charge is 1.93. The van der Waals surface area contributed by atoms with Crippen LogP contribution in [0.5, 0.6) is 0 Å². The molecule has 2 N–H and O–H groups in total. The Morgan fingerprint density at radius 1 is 1.67 bits per heavy atom. The molecule has 0 saturated carbocycles. The average molecular weight is 122 g/mol. The summed E-state index contributed by atoms with van der Waals surface area (Å²) in [6.45, 7) is 3.65. The molecule has 48 valence electrons. The molecule has 0 aliphatic carbocycles. The van der Waals surface area contributed by atoms with E-state index in [4.69, 9.17) is 0 Å². The van der Waals surface area contributed by atoms with E-state index in [2.05, 4.69) is 16.9 Å². The molecule has 2 nitrogen and oxygen atoms in total. The minimum absolute atomic E-state index is 1.09. The highest BCUT2D eigenvalue weighted by molar-refractivity contribution is 5.64. The van der Waals surface area contributed by atoms with Crippen molar-refractivity contribution < 1.29 is 0 Å². The van der Waals surface area contributed by atoms with Crippen LogP contribution in [0.2, 0.25) is 0 Å². The van der Waals surface area contributed by atoms with Crippen molar-refractivity contribution in [2.45, 2.75) is 0 Å². The number of hydrogen-bond acceptors (Lipinski definition) is 1. The third-order valence-electron chi connectivity index (χ3n) is 1.27. The molecule has 0 atom stereocenters. The molecule has 1 rings (SSSR count). The van der Waals surface area contributed by atoms with Crippen LogP contribution in [0.4, 0.5) is 5.69 Å². The molecular weight excluding hydrogens is 112 g/mol. The molecule has 0 unspecified atom stereocenters. The first-order chi connectivity index (χ1) is 4.38. The van der Waals surface area contributed by atoms with E-state index in [-0.39, 0.29) is 0 Å². The highest BCUT2D eigenvalue weighted by atomic mass is 14.9. The maximum Gasteiger partial charge on any atom is 0.0588 e. The third-order valence-corrected chi connectivity index (χ3v) is 1.27. The molecule has 0 aliphatic heterocycles. The van der Waals surface area contributed by atoms with Crippen molar-refractivity contribution in [3.63, 3.8) is 0 Å². The van der Waals surface area contributed by atoms with E-state index in [1.54, 1.807) is 0 Å². The van der Waals surface area contributed by atoms with Crippen LogP contribution in [0.3, 0.4) is 0 Å². The summed E-state index contributed by atoms with van der Waals surface area (Å²) in [7, 11) is 1.89. The van der Waals surface area contributed by atoms with E-state index in [9.17, 15) is 0 Å². The third kappa shape index (κ3) is 0.964. The van der Waals surface area contributed by atoms with Gasteiger partial charge in [-0.05, 0) is 0 Å². The van der Waals surface area contributed by atoms with Gasteiger partial charge in [-0.25, -0.2) is 0 Å². The lowest BCUT2D eigenvalue weighted by Gasteiger charge is -1.93. The fourth-order valence-electron chi connectivity index (χ4n) is 0.761. The summed E-state index contributed by atoms with van der Waals surface area (Å²) >= 11 is 0. The van der Waals surface area contributed by atoms with Crippen LogP contribution in [-0.4, -0.2) is 12.0 Å². The van der Waals surface area contributed by atoms with Gasteiger partial charge in [0.1, 0.15) is 0 Å². The first-order valence-electron chi connectivity index (χ1n) is 2.85. The van der Waals surface area contributed by atoms with Gasteiger partial charge in [0.05, 0.1) is 5.69 Å². The van der Waals surface area contributed by atoms with E-state index >= 15 is 0 Å². The molecule has 1 aromatic heterocycles. The van der Waals surface area contributed by atoms with Crippen LogP contribution in [0.1, 0.15) is 5.56 Å². The van der Waals surface area contributed by atoms with E-state index in [1.165, 1.54) is 0 Å². The second kappa shape index (κ2) is 2.40. The quantitative estimate of drug-likeness (QED) is 0.614. The van der Waals surface area contributed by atoms with Gasteiger partial charge >= 0.3 is 0 Å². The maximum absolute atomic E-state index is 3.65. The molecular formula is C7H10N2. The van der Waals surface area contributed by atoms with Gasteiger partial charge in [0, 0.05) is 25.0 Å². The van der Waals surface area contributed by atoms with Crippen molar-refractivity contribution in [1.82, 2.24) is 4.98 Å². The molecule has 0 radical (unpaired) electrons. The van der Waals surface area contributed by atoms with Crippen LogP contribution >= 0.6 is 0 Å². The predicted octanol–water partition coefficient (Wildman–Crippen LogP) is 1.70. The van der Waals surface area contributed by atoms with Gasteiger partial charge in [0.2, 0.25) is 0 Å². The second-order valence-corrected chi connectivity index (χ2v) is 1.78. The lowest BCUT2D eigenvalue weighted by molar-refractivity contribution is 1.40. The van der Waals surface area contributed by atoms with Crippen molar-refractivity contribution in [2.75, 3.05) is 12.4 Å². The van der Waals surface area contributed by atoms with Crippen molar-refractivity contribution in [3.8, 4) is 0 Å². The number of H-pyrrole nitrogens is 1. The van der Waals surface area contributed by atoms with Crippen LogP contribution < -0.4 is 5.32 Å². The molecule has 0 saturated heterocycles. The number of hydrogen-bond donors (Lipinski definition) is 2. The maximum atomic E-state index is 3.65. The van der Waals surface area contributed by atoms with Gasteiger partial charge in [0.25, 0.3) is 0 Å². The first-order valence-corrected chi connectivity index (χ1v) is 2.85. The summed E-state index contributed by atoms with van der Waals surface area (Å²) < 4.78 is 0. The van der Waals surface area contributed by atoms with Crippen molar-refractivity contribution in [2.24, 2.45) is 0 Å². The van der Waals surface area contributed by atoms with E-state index < -0.39 is 0 Å². The van der Waals surface area contributed by atoms with Crippen LogP contribution in [0, 0.1) is 0 Å². The molecule has 2 heteroatoms. The van der Waals surface area contributed by atoms with Gasteiger partial charge in [-0.1, -0.05) is 12.7 Å². The molecule has 9 heavy (non-hydrogen) atoms. The Kier molecular flexibility index (Phi) is 1.58. The number of rotatable bonds is 2. The number of anilines is 1. The number of aromatic nitrogens is 1. The Bertz CT molecular complexity index is 200. The number of nitrogens with one attached hydrogen (secondary N) is 2. The molecule has 0 amide bonds. The summed E-state index contributed by atoms with van der Waals surface area (Å²) in [6.07, 6.45) is 5.61. The topological polar surface area (TPSA) is 27.8 Å². The zero-order valence-electron chi connectivity index (χ0n) is 5.44. The Morgan fingerprint density at radius 2 is 2.44 bits per heavy atom. The standard InChI is InChI=1S/C7H10N2/c1-3-6-4-9-5-7(6)8-2/h3-5,8-9H,1H2,2H3. The zero-order valence-corrected chi connectivity index (χ0v) is 5.44. The van der Waals surface area contributed by atoms with Crippen molar-refractivity contribution in [1.29, 1.82) is 0 Å². The van der Waals surface area contributed by atoms with E-state index in [0.29, 0.717) is 0 Å². The minimum atomic E-state index is 1.09. The largest absolute Gasteiger partial charge is 0.386 e. The van der Waals surface area contributed by atoms with Crippen LogP contribution in [0.25, 0.3) is 6.08 Å². The van der Waals surface area contributed by atoms with E-state index in [0.717, 1.165) is 11.3 Å². The Balaban J connectivity index is 2.98. The molecule has 0 aromatic carbocycles. The number of aromatic amines is 1. The molecule has 0 aliphatic rings. The molecule has 1 heterocycles. The van der Waals surface area contributed by atoms with Gasteiger partial charge in [-0.2, -0.15) is 0 Å². The van der Waals surface area contributed by atoms with Gasteiger partial charge in [-0.3, -0.25) is 0 Å². The average Bonchev–Trinajstić information content (AvgIpc) is 2.33. The monoisotopic (exact) mass is 122 g/mol. The fourth-order valence-corrected chi connectivity index (χ4v) is 0.761. The van der Waals surface area contributed by atoms with E-state index in [1.807, 2.05) is 25.5 Å². The SMILES string of the molecule is C=Cc1c[nH]cc1NC. The Morgan fingerprint density at radius 3 is 2.89 bits per heavy atom. The summed E-state index contributed by atoms with van der Waals surface area (Å²) in [4.78, 5) is 2.97. The summed E-state index contributed by atoms with van der Waals surface area (Å²) in [5, 5.41) is 3.02. The molecule has 1 aromatic rings. The fraction of sp³-hybridized carbons (Fsp3) is 0.143. The van der Waals surface area contributed by atoms with Gasteiger partial charge < -0.3 is 10.3 Å². The first kappa shape index (κ1) is 5.95. The highest BCUT2D eigenvalue weighted by Crippen LogP contribution is 2.13. The summed E-state index contributed by atoms with van der Waals surface area (Å²) in [5.74, 6) is 0. The van der Waals surface area contributed by atoms with Crippen molar-refractivity contribution >= 4 is 11.8 Å². The smallest absolute Gasteiger partial charge is 0.0588 e. The molecule has 0 spiro atoms. The predicted molar refractivity (Wildman–Crippen MR) is 40.4 cm³/mol. The zero-order chi connectivity index (χ0) is 6.69. The lowest BCUT2D eigenvalue weighted by Crippen LogP contribution is -1.85. The normalized spacial score (nSPS) is 9.00. The lowest BCUT2D eigenvalue weighted by atomic mass is 10.3. The van der Waals surface area contributed by atoms with Crippen LogP contribution in [0.15, 0.2) is 19.0 Å². The Labute approximate surface area is 54.6 Å². The molecule has 0 fully saturated rings. The van der Waals surface area contributed by atoms with Crippen LogP contribution in [-0.2, 0) is 0 Å². The van der Waals surface area contributed by atoms with Crippen molar-refractivity contribution in [3.05, 3.63) is 24.5 Å². The van der Waals surface area contributed by atoms with Gasteiger partial charge in [0.15, 0.2) is 0 Å². The minimum Gasteiger partial charge on any atom is -0.386 e. The van der Waals surface area contributed by atoms with Gasteiger partial charge in [-0.15, -0.1) is 0 Å². The Hall–Kier alpha value is -1.18. The summed E-state index contributed by atoms with van der Waals surface area (Å²) in [6, 6.07) is 0. The summed E-state index contributed by atoms with van der Waals surface area (Å²) in [5.41, 5.74) is 2.20. The molecule has 0 bridgehead atoms. The second-order valence-electron chi connectivity index (χ2n) is 1.78.